The van der Waals surface area contributed by atoms with Crippen molar-refractivity contribution in [3.05, 3.63) is 70.8 Å². The fourth-order valence-corrected chi connectivity index (χ4v) is 2.36. The highest BCUT2D eigenvalue weighted by Gasteiger charge is 2.07. The van der Waals surface area contributed by atoms with Gasteiger partial charge in [-0.25, -0.2) is 0 Å². The number of carbonyl (C=O) groups is 1. The molecule has 0 aromatic heterocycles. The van der Waals surface area contributed by atoms with Crippen LogP contribution in [0.4, 0.5) is 0 Å². The fraction of sp³-hybridized carbons (Fsp3) is 0.316. The van der Waals surface area contributed by atoms with E-state index in [1.807, 2.05) is 30.1 Å². The summed E-state index contributed by atoms with van der Waals surface area (Å²) < 4.78 is 0. The molecule has 0 aliphatic heterocycles. The Morgan fingerprint density at radius 3 is 2.41 bits per heavy atom. The van der Waals surface area contributed by atoms with Gasteiger partial charge in [0.15, 0.2) is 0 Å². The lowest BCUT2D eigenvalue weighted by Crippen LogP contribution is -2.34. The Labute approximate surface area is 133 Å². The normalized spacial score (nSPS) is 10.7. The molecule has 3 heteroatoms. The van der Waals surface area contributed by atoms with Crippen molar-refractivity contribution < 1.29 is 4.79 Å². The van der Waals surface area contributed by atoms with Gasteiger partial charge < -0.3 is 5.32 Å². The first kappa shape index (κ1) is 16.2. The minimum absolute atomic E-state index is 0.0536. The monoisotopic (exact) mass is 296 g/mol. The van der Waals surface area contributed by atoms with Crippen LogP contribution >= 0.6 is 0 Å². The molecule has 0 aliphatic carbocycles. The van der Waals surface area contributed by atoms with Crippen LogP contribution in [-0.2, 0) is 17.9 Å². The van der Waals surface area contributed by atoms with E-state index in [1.165, 1.54) is 16.7 Å². The summed E-state index contributed by atoms with van der Waals surface area (Å²) in [6, 6.07) is 16.5. The van der Waals surface area contributed by atoms with Crippen molar-refractivity contribution in [1.82, 2.24) is 10.2 Å². The Hall–Kier alpha value is -2.13. The van der Waals surface area contributed by atoms with Gasteiger partial charge in [0.2, 0.25) is 5.91 Å². The van der Waals surface area contributed by atoms with E-state index < -0.39 is 0 Å². The number of carbonyl (C=O) groups excluding carboxylic acids is 1. The quantitative estimate of drug-likeness (QED) is 0.888. The fourth-order valence-electron chi connectivity index (χ4n) is 2.36. The number of amides is 1. The molecule has 2 aromatic carbocycles. The van der Waals surface area contributed by atoms with E-state index in [-0.39, 0.29) is 5.91 Å². The van der Waals surface area contributed by atoms with Gasteiger partial charge >= 0.3 is 0 Å². The minimum Gasteiger partial charge on any atom is -0.351 e. The summed E-state index contributed by atoms with van der Waals surface area (Å²) in [5.74, 6) is 0.0536. The van der Waals surface area contributed by atoms with Crippen molar-refractivity contribution in [3.63, 3.8) is 0 Å². The third kappa shape index (κ3) is 5.01. The maximum atomic E-state index is 12.0. The van der Waals surface area contributed by atoms with Gasteiger partial charge in [0.05, 0.1) is 6.54 Å². The number of hydrogen-bond donors (Lipinski definition) is 1. The zero-order valence-electron chi connectivity index (χ0n) is 13.6. The first-order valence-corrected chi connectivity index (χ1v) is 7.60. The lowest BCUT2D eigenvalue weighted by Gasteiger charge is -2.17. The molecule has 2 aromatic rings. The number of nitrogens with one attached hydrogen (secondary N) is 1. The Balaban J connectivity index is 1.79. The highest BCUT2D eigenvalue weighted by Crippen LogP contribution is 2.07. The first-order valence-electron chi connectivity index (χ1n) is 7.60. The van der Waals surface area contributed by atoms with E-state index in [0.717, 1.165) is 12.1 Å². The van der Waals surface area contributed by atoms with E-state index in [4.69, 9.17) is 0 Å². The summed E-state index contributed by atoms with van der Waals surface area (Å²) in [7, 11) is 1.97. The van der Waals surface area contributed by atoms with E-state index in [9.17, 15) is 4.79 Å². The van der Waals surface area contributed by atoms with Crippen LogP contribution in [0.1, 0.15) is 22.3 Å². The maximum absolute atomic E-state index is 12.0. The number of likely N-dealkylation sites (N-methyl/N-ethyl adjacent to an activating group) is 1. The van der Waals surface area contributed by atoms with Gasteiger partial charge in [-0.3, -0.25) is 9.69 Å². The predicted molar refractivity (Wildman–Crippen MR) is 90.5 cm³/mol. The number of hydrogen-bond acceptors (Lipinski definition) is 2. The van der Waals surface area contributed by atoms with Crippen LogP contribution in [0, 0.1) is 13.8 Å². The van der Waals surface area contributed by atoms with Crippen LogP contribution in [0.2, 0.25) is 0 Å². The number of nitrogens with zero attached hydrogens (tertiary/aromatic N) is 1. The highest BCUT2D eigenvalue weighted by atomic mass is 16.2. The van der Waals surface area contributed by atoms with Crippen LogP contribution in [0.25, 0.3) is 0 Å². The Kier molecular flexibility index (Phi) is 5.73. The van der Waals surface area contributed by atoms with Gasteiger partial charge in [0.25, 0.3) is 0 Å². The van der Waals surface area contributed by atoms with Crippen LogP contribution in [0.15, 0.2) is 48.5 Å². The smallest absolute Gasteiger partial charge is 0.234 e. The molecule has 1 N–H and O–H groups in total. The van der Waals surface area contributed by atoms with E-state index in [2.05, 4.69) is 49.5 Å². The number of rotatable bonds is 6. The Morgan fingerprint density at radius 2 is 1.73 bits per heavy atom. The van der Waals surface area contributed by atoms with Crippen LogP contribution in [0.5, 0.6) is 0 Å². The van der Waals surface area contributed by atoms with Crippen molar-refractivity contribution in [2.75, 3.05) is 13.6 Å². The Bertz CT molecular complexity index is 620. The van der Waals surface area contributed by atoms with Gasteiger partial charge in [-0.15, -0.1) is 0 Å². The first-order chi connectivity index (χ1) is 10.5. The molecular formula is C19H24N2O. The summed E-state index contributed by atoms with van der Waals surface area (Å²) in [6.45, 7) is 5.90. The molecule has 0 radical (unpaired) electrons. The average Bonchev–Trinajstić information content (AvgIpc) is 2.49. The zero-order chi connectivity index (χ0) is 15.9. The molecule has 0 atom stereocenters. The maximum Gasteiger partial charge on any atom is 0.234 e. The summed E-state index contributed by atoms with van der Waals surface area (Å²) in [5, 5.41) is 2.98. The summed E-state index contributed by atoms with van der Waals surface area (Å²) in [5.41, 5.74) is 4.84. The van der Waals surface area contributed by atoms with Crippen molar-refractivity contribution in [3.8, 4) is 0 Å². The number of benzene rings is 2. The van der Waals surface area contributed by atoms with Crippen LogP contribution in [0.3, 0.4) is 0 Å². The van der Waals surface area contributed by atoms with E-state index >= 15 is 0 Å². The molecule has 22 heavy (non-hydrogen) atoms. The largest absolute Gasteiger partial charge is 0.351 e. The summed E-state index contributed by atoms with van der Waals surface area (Å²) in [4.78, 5) is 14.1. The van der Waals surface area contributed by atoms with Gasteiger partial charge in [-0.2, -0.15) is 0 Å². The minimum atomic E-state index is 0.0536. The van der Waals surface area contributed by atoms with Crippen LogP contribution < -0.4 is 5.32 Å². The third-order valence-electron chi connectivity index (χ3n) is 3.72. The average molecular weight is 296 g/mol. The lowest BCUT2D eigenvalue weighted by atomic mass is 10.1. The molecule has 3 nitrogen and oxygen atoms in total. The van der Waals surface area contributed by atoms with Gasteiger partial charge in [0.1, 0.15) is 0 Å². The van der Waals surface area contributed by atoms with Gasteiger partial charge in [-0.1, -0.05) is 54.1 Å². The lowest BCUT2D eigenvalue weighted by molar-refractivity contribution is -0.122. The van der Waals surface area contributed by atoms with Crippen molar-refractivity contribution >= 4 is 5.91 Å². The van der Waals surface area contributed by atoms with Gasteiger partial charge in [0, 0.05) is 13.1 Å². The van der Waals surface area contributed by atoms with Crippen molar-refractivity contribution in [1.29, 1.82) is 0 Å². The second kappa shape index (κ2) is 7.76. The summed E-state index contributed by atoms with van der Waals surface area (Å²) >= 11 is 0. The van der Waals surface area contributed by atoms with Gasteiger partial charge in [-0.05, 0) is 37.6 Å². The molecule has 0 fully saturated rings. The Morgan fingerprint density at radius 1 is 1.05 bits per heavy atom. The molecule has 0 saturated heterocycles. The van der Waals surface area contributed by atoms with E-state index in [0.29, 0.717) is 13.1 Å². The molecule has 0 unspecified atom stereocenters. The molecule has 2 rings (SSSR count). The second-order valence-electron chi connectivity index (χ2n) is 5.86. The summed E-state index contributed by atoms with van der Waals surface area (Å²) in [6.07, 6.45) is 0. The SMILES string of the molecule is Cc1ccc(CN(C)CC(=O)NCc2ccccc2C)cc1. The second-order valence-corrected chi connectivity index (χ2v) is 5.86. The molecular weight excluding hydrogens is 272 g/mol. The molecule has 0 bridgehead atoms. The zero-order valence-corrected chi connectivity index (χ0v) is 13.6. The van der Waals surface area contributed by atoms with Crippen molar-refractivity contribution in [2.45, 2.75) is 26.9 Å². The van der Waals surface area contributed by atoms with Crippen molar-refractivity contribution in [2.24, 2.45) is 0 Å². The predicted octanol–water partition coefficient (Wildman–Crippen LogP) is 3.05. The topological polar surface area (TPSA) is 32.3 Å². The third-order valence-corrected chi connectivity index (χ3v) is 3.72. The molecule has 1 amide bonds. The molecule has 0 heterocycles. The van der Waals surface area contributed by atoms with Crippen LogP contribution in [-0.4, -0.2) is 24.4 Å². The molecule has 116 valence electrons. The molecule has 0 aliphatic rings. The highest BCUT2D eigenvalue weighted by molar-refractivity contribution is 5.78. The standard InChI is InChI=1S/C19H24N2O/c1-15-8-10-17(11-9-15)13-21(3)14-19(22)20-12-18-7-5-4-6-16(18)2/h4-11H,12-14H2,1-3H3,(H,20,22). The number of aryl methyl sites for hydroxylation is 2. The molecule has 0 spiro atoms. The van der Waals surface area contributed by atoms with E-state index in [1.54, 1.807) is 0 Å². The molecule has 0 saturated carbocycles.